The molecule has 0 saturated carbocycles. The molecule has 2 rings (SSSR count). The number of aryl methyl sites for hydroxylation is 1. The van der Waals surface area contributed by atoms with E-state index in [0.717, 1.165) is 11.1 Å². The summed E-state index contributed by atoms with van der Waals surface area (Å²) in [6, 6.07) is 10.5. The average molecular weight is 328 g/mol. The minimum Gasteiger partial charge on any atom is -0.350 e. The zero-order valence-electron chi connectivity index (χ0n) is 15.0. The first-order valence-electron chi connectivity index (χ1n) is 8.56. The molecule has 0 saturated heterocycles. The predicted molar refractivity (Wildman–Crippen MR) is 96.8 cm³/mol. The zero-order valence-corrected chi connectivity index (χ0v) is 15.0. The number of carbonyl (C=O) groups is 1. The smallest absolute Gasteiger partial charge is 0.221 e. The van der Waals surface area contributed by atoms with Gasteiger partial charge in [-0.1, -0.05) is 30.3 Å². The molecule has 1 aromatic heterocycles. The summed E-state index contributed by atoms with van der Waals surface area (Å²) in [5.74, 6) is 0.0636. The highest BCUT2D eigenvalue weighted by Gasteiger charge is 2.15. The Hall–Kier alpha value is -2.14. The van der Waals surface area contributed by atoms with Crippen molar-refractivity contribution < 1.29 is 4.79 Å². The van der Waals surface area contributed by atoms with Crippen molar-refractivity contribution in [1.29, 1.82) is 0 Å². The lowest BCUT2D eigenvalue weighted by molar-refractivity contribution is -0.121. The third kappa shape index (κ3) is 5.20. The zero-order chi connectivity index (χ0) is 17.5. The molecule has 3 unspecified atom stereocenters. The summed E-state index contributed by atoms with van der Waals surface area (Å²) in [6.45, 7) is 8.94. The summed E-state index contributed by atoms with van der Waals surface area (Å²) in [5, 5.41) is 10.8. The molecule has 130 valence electrons. The number of hydrogen-bond acceptors (Lipinski definition) is 3. The van der Waals surface area contributed by atoms with E-state index in [4.69, 9.17) is 0 Å². The normalized spacial score (nSPS) is 14.8. The lowest BCUT2D eigenvalue weighted by atomic mass is 10.1. The fraction of sp³-hybridized carbons (Fsp3) is 0.474. The van der Waals surface area contributed by atoms with Gasteiger partial charge < -0.3 is 10.6 Å². The Morgan fingerprint density at radius 3 is 2.54 bits per heavy atom. The van der Waals surface area contributed by atoms with Crippen LogP contribution in [0, 0.1) is 6.92 Å². The quantitative estimate of drug-likeness (QED) is 0.783. The summed E-state index contributed by atoms with van der Waals surface area (Å²) in [5.41, 5.74) is 2.28. The van der Waals surface area contributed by atoms with Crippen molar-refractivity contribution in [3.05, 3.63) is 53.9 Å². The molecule has 0 fully saturated rings. The molecule has 0 spiro atoms. The minimum atomic E-state index is 0.0297. The molecule has 1 heterocycles. The van der Waals surface area contributed by atoms with Gasteiger partial charge >= 0.3 is 0 Å². The Morgan fingerprint density at radius 1 is 1.21 bits per heavy atom. The van der Waals surface area contributed by atoms with Gasteiger partial charge in [0.25, 0.3) is 0 Å². The van der Waals surface area contributed by atoms with E-state index in [0.29, 0.717) is 13.0 Å². The minimum absolute atomic E-state index is 0.0297. The number of nitrogens with one attached hydrogen (secondary N) is 2. The Balaban J connectivity index is 1.72. The van der Waals surface area contributed by atoms with Crippen molar-refractivity contribution in [3.63, 3.8) is 0 Å². The predicted octanol–water partition coefficient (Wildman–Crippen LogP) is 3.00. The third-order valence-corrected chi connectivity index (χ3v) is 4.37. The molecule has 24 heavy (non-hydrogen) atoms. The van der Waals surface area contributed by atoms with Gasteiger partial charge in [0.15, 0.2) is 0 Å². The third-order valence-electron chi connectivity index (χ3n) is 4.37. The Morgan fingerprint density at radius 2 is 1.92 bits per heavy atom. The fourth-order valence-corrected chi connectivity index (χ4v) is 2.61. The Kier molecular flexibility index (Phi) is 6.55. The number of benzene rings is 1. The van der Waals surface area contributed by atoms with Crippen molar-refractivity contribution in [2.45, 2.75) is 52.2 Å². The monoisotopic (exact) mass is 328 g/mol. The highest BCUT2D eigenvalue weighted by Crippen LogP contribution is 2.12. The van der Waals surface area contributed by atoms with Gasteiger partial charge in [-0.3, -0.25) is 9.48 Å². The van der Waals surface area contributed by atoms with Crippen molar-refractivity contribution in [1.82, 2.24) is 20.4 Å². The van der Waals surface area contributed by atoms with Crippen LogP contribution in [0.15, 0.2) is 42.7 Å². The van der Waals surface area contributed by atoms with Gasteiger partial charge in [-0.05, 0) is 38.8 Å². The Bertz CT molecular complexity index is 638. The molecule has 2 N–H and O–H groups in total. The molecule has 0 aliphatic rings. The van der Waals surface area contributed by atoms with E-state index in [2.05, 4.69) is 29.6 Å². The maximum Gasteiger partial charge on any atom is 0.221 e. The summed E-state index contributed by atoms with van der Waals surface area (Å²) in [4.78, 5) is 12.1. The largest absolute Gasteiger partial charge is 0.350 e. The average Bonchev–Trinajstić information content (AvgIpc) is 3.01. The van der Waals surface area contributed by atoms with E-state index in [9.17, 15) is 4.79 Å². The number of amides is 1. The van der Waals surface area contributed by atoms with E-state index in [1.165, 1.54) is 0 Å². The highest BCUT2D eigenvalue weighted by molar-refractivity contribution is 5.76. The molecule has 1 aromatic carbocycles. The molecular weight excluding hydrogens is 300 g/mol. The first-order valence-corrected chi connectivity index (χ1v) is 8.56. The van der Waals surface area contributed by atoms with E-state index in [-0.39, 0.29) is 24.0 Å². The second-order valence-electron chi connectivity index (χ2n) is 6.43. The standard InChI is InChI=1S/C19H28N4O/c1-14-12-21-23(13-14)17(4)15(2)20-11-10-19(24)22-16(3)18-8-6-5-7-9-18/h5-9,12-13,15-17,20H,10-11H2,1-4H3,(H,22,24). The maximum atomic E-state index is 12.1. The van der Waals surface area contributed by atoms with Crippen LogP contribution >= 0.6 is 0 Å². The van der Waals surface area contributed by atoms with Gasteiger partial charge in [0, 0.05) is 25.2 Å². The van der Waals surface area contributed by atoms with Crippen molar-refractivity contribution in [2.24, 2.45) is 0 Å². The summed E-state index contributed by atoms with van der Waals surface area (Å²) < 4.78 is 1.96. The van der Waals surface area contributed by atoms with E-state index >= 15 is 0 Å². The topological polar surface area (TPSA) is 59.0 Å². The van der Waals surface area contributed by atoms with Crippen molar-refractivity contribution in [3.8, 4) is 0 Å². The molecule has 0 aliphatic carbocycles. The molecule has 2 aromatic rings. The molecular formula is C19H28N4O. The van der Waals surface area contributed by atoms with Gasteiger partial charge in [0.05, 0.1) is 18.3 Å². The first kappa shape index (κ1) is 18.2. The summed E-state index contributed by atoms with van der Waals surface area (Å²) in [7, 11) is 0. The van der Waals surface area contributed by atoms with Gasteiger partial charge in [-0.25, -0.2) is 0 Å². The van der Waals surface area contributed by atoms with Crippen LogP contribution in [0.5, 0.6) is 0 Å². The van der Waals surface area contributed by atoms with E-state index in [1.54, 1.807) is 0 Å². The van der Waals surface area contributed by atoms with Crippen LogP contribution in [-0.4, -0.2) is 28.3 Å². The van der Waals surface area contributed by atoms with E-state index in [1.807, 2.05) is 61.3 Å². The second-order valence-corrected chi connectivity index (χ2v) is 6.43. The lowest BCUT2D eigenvalue weighted by Crippen LogP contribution is -2.37. The maximum absolute atomic E-state index is 12.1. The van der Waals surface area contributed by atoms with Gasteiger partial charge in [0.2, 0.25) is 5.91 Å². The number of rotatable bonds is 8. The first-order chi connectivity index (χ1) is 11.5. The molecule has 0 aliphatic heterocycles. The molecule has 0 bridgehead atoms. The number of aromatic nitrogens is 2. The molecule has 3 atom stereocenters. The van der Waals surface area contributed by atoms with Crippen molar-refractivity contribution >= 4 is 5.91 Å². The number of carbonyl (C=O) groups excluding carboxylic acids is 1. The number of nitrogens with zero attached hydrogens (tertiary/aromatic N) is 2. The van der Waals surface area contributed by atoms with Crippen LogP contribution in [0.25, 0.3) is 0 Å². The molecule has 1 amide bonds. The molecule has 0 radical (unpaired) electrons. The SMILES string of the molecule is Cc1cnn(C(C)C(C)NCCC(=O)NC(C)c2ccccc2)c1. The van der Waals surface area contributed by atoms with E-state index < -0.39 is 0 Å². The highest BCUT2D eigenvalue weighted by atomic mass is 16.1. The summed E-state index contributed by atoms with van der Waals surface area (Å²) >= 11 is 0. The van der Waals surface area contributed by atoms with Gasteiger partial charge in [0.1, 0.15) is 0 Å². The number of hydrogen-bond donors (Lipinski definition) is 2. The van der Waals surface area contributed by atoms with Crippen LogP contribution < -0.4 is 10.6 Å². The van der Waals surface area contributed by atoms with Crippen LogP contribution in [0.3, 0.4) is 0 Å². The van der Waals surface area contributed by atoms with Gasteiger partial charge in [-0.15, -0.1) is 0 Å². The van der Waals surface area contributed by atoms with Crippen molar-refractivity contribution in [2.75, 3.05) is 6.54 Å². The van der Waals surface area contributed by atoms with Crippen LogP contribution in [0.2, 0.25) is 0 Å². The van der Waals surface area contributed by atoms with Crippen LogP contribution in [-0.2, 0) is 4.79 Å². The van der Waals surface area contributed by atoms with Crippen LogP contribution in [0.4, 0.5) is 0 Å². The second kappa shape index (κ2) is 8.64. The summed E-state index contributed by atoms with van der Waals surface area (Å²) in [6.07, 6.45) is 4.37. The Labute approximate surface area is 144 Å². The lowest BCUT2D eigenvalue weighted by Gasteiger charge is -2.22. The fourth-order valence-electron chi connectivity index (χ4n) is 2.61. The van der Waals surface area contributed by atoms with Gasteiger partial charge in [-0.2, -0.15) is 5.10 Å². The molecule has 5 nitrogen and oxygen atoms in total. The van der Waals surface area contributed by atoms with Crippen LogP contribution in [0.1, 0.15) is 50.4 Å². The molecule has 5 heteroatoms.